The van der Waals surface area contributed by atoms with Crippen LogP contribution in [-0.2, 0) is 9.84 Å². The van der Waals surface area contributed by atoms with Crippen molar-refractivity contribution in [1.29, 1.82) is 0 Å². The standard InChI is InChI=1S/C15H33N3O2S/c1-15(2,3)21(19,20)14-13-18-11-9-17(10-12-18)8-6-4-5-7-16/h4-14,16H2,1-3H3. The van der Waals surface area contributed by atoms with Crippen LogP contribution in [0.15, 0.2) is 0 Å². The van der Waals surface area contributed by atoms with Gasteiger partial charge in [0, 0.05) is 32.7 Å². The van der Waals surface area contributed by atoms with Crippen LogP contribution in [0.2, 0.25) is 0 Å². The maximum Gasteiger partial charge on any atom is 0.156 e. The molecule has 21 heavy (non-hydrogen) atoms. The smallest absolute Gasteiger partial charge is 0.156 e. The van der Waals surface area contributed by atoms with E-state index in [0.717, 1.165) is 45.7 Å². The summed E-state index contributed by atoms with van der Waals surface area (Å²) in [7, 11) is -3.00. The molecule has 1 heterocycles. The average molecular weight is 320 g/mol. The predicted molar refractivity (Wildman–Crippen MR) is 89.3 cm³/mol. The van der Waals surface area contributed by atoms with Crippen LogP contribution in [0.3, 0.4) is 0 Å². The Balaban J connectivity index is 2.22. The molecule has 0 amide bonds. The minimum absolute atomic E-state index is 0.271. The normalized spacial score (nSPS) is 19.0. The second-order valence-corrected chi connectivity index (χ2v) is 9.83. The molecule has 1 aliphatic rings. The van der Waals surface area contributed by atoms with Gasteiger partial charge in [0.05, 0.1) is 10.5 Å². The quantitative estimate of drug-likeness (QED) is 0.675. The predicted octanol–water partition coefficient (Wildman–Crippen LogP) is 0.946. The summed E-state index contributed by atoms with van der Waals surface area (Å²) >= 11 is 0. The Bertz CT molecular complexity index is 382. The Labute approximate surface area is 130 Å². The molecule has 126 valence electrons. The van der Waals surface area contributed by atoms with Gasteiger partial charge in [-0.2, -0.15) is 0 Å². The summed E-state index contributed by atoms with van der Waals surface area (Å²) in [5.41, 5.74) is 5.50. The summed E-state index contributed by atoms with van der Waals surface area (Å²) < 4.78 is 23.6. The Hall–Kier alpha value is -0.170. The molecule has 0 aromatic carbocycles. The highest BCUT2D eigenvalue weighted by molar-refractivity contribution is 7.92. The number of rotatable bonds is 8. The first-order chi connectivity index (χ1) is 9.76. The number of sulfone groups is 1. The van der Waals surface area contributed by atoms with Crippen molar-refractivity contribution in [2.24, 2.45) is 5.73 Å². The van der Waals surface area contributed by atoms with Crippen LogP contribution in [0, 0.1) is 0 Å². The molecule has 5 nitrogen and oxygen atoms in total. The van der Waals surface area contributed by atoms with E-state index < -0.39 is 14.6 Å². The first-order valence-corrected chi connectivity index (χ1v) is 9.78. The minimum Gasteiger partial charge on any atom is -0.330 e. The number of hydrogen-bond acceptors (Lipinski definition) is 5. The molecule has 0 bridgehead atoms. The van der Waals surface area contributed by atoms with Crippen molar-refractivity contribution in [3.8, 4) is 0 Å². The van der Waals surface area contributed by atoms with E-state index in [9.17, 15) is 8.42 Å². The number of unbranched alkanes of at least 4 members (excludes halogenated alkanes) is 2. The third-order valence-corrected chi connectivity index (χ3v) is 6.84. The number of nitrogens with two attached hydrogens (primary N) is 1. The van der Waals surface area contributed by atoms with E-state index >= 15 is 0 Å². The third kappa shape index (κ3) is 6.63. The summed E-state index contributed by atoms with van der Waals surface area (Å²) in [4.78, 5) is 4.75. The van der Waals surface area contributed by atoms with Gasteiger partial charge in [0.15, 0.2) is 9.84 Å². The molecule has 0 saturated carbocycles. The Morgan fingerprint density at radius 1 is 0.905 bits per heavy atom. The molecule has 1 rings (SSSR count). The van der Waals surface area contributed by atoms with Crippen LogP contribution >= 0.6 is 0 Å². The van der Waals surface area contributed by atoms with Crippen molar-refractivity contribution in [2.45, 2.75) is 44.8 Å². The van der Waals surface area contributed by atoms with E-state index in [4.69, 9.17) is 5.73 Å². The highest BCUT2D eigenvalue weighted by Gasteiger charge is 2.29. The minimum atomic E-state index is -3.00. The Morgan fingerprint density at radius 2 is 1.43 bits per heavy atom. The second kappa shape index (κ2) is 8.46. The average Bonchev–Trinajstić information content (AvgIpc) is 2.41. The van der Waals surface area contributed by atoms with Crippen LogP contribution in [-0.4, -0.2) is 74.5 Å². The van der Waals surface area contributed by atoms with Crippen molar-refractivity contribution in [3.05, 3.63) is 0 Å². The maximum atomic E-state index is 12.1. The Morgan fingerprint density at radius 3 is 1.90 bits per heavy atom. The van der Waals surface area contributed by atoms with Gasteiger partial charge in [-0.15, -0.1) is 0 Å². The Kier molecular flexibility index (Phi) is 7.60. The van der Waals surface area contributed by atoms with Gasteiger partial charge in [-0.3, -0.25) is 4.90 Å². The summed E-state index contributed by atoms with van der Waals surface area (Å²) in [5, 5.41) is 0. The molecule has 0 aromatic rings. The fourth-order valence-corrected chi connectivity index (χ4v) is 3.56. The SMILES string of the molecule is CC(C)(C)S(=O)(=O)CCN1CCN(CCCCCN)CC1. The molecular weight excluding hydrogens is 286 g/mol. The molecule has 0 atom stereocenters. The fourth-order valence-electron chi connectivity index (χ4n) is 2.45. The fraction of sp³-hybridized carbons (Fsp3) is 1.00. The topological polar surface area (TPSA) is 66.6 Å². The molecule has 1 saturated heterocycles. The van der Waals surface area contributed by atoms with E-state index in [0.29, 0.717) is 6.54 Å². The van der Waals surface area contributed by atoms with Crippen LogP contribution in [0.25, 0.3) is 0 Å². The van der Waals surface area contributed by atoms with E-state index in [-0.39, 0.29) is 5.75 Å². The monoisotopic (exact) mass is 319 g/mol. The van der Waals surface area contributed by atoms with Crippen LogP contribution in [0.4, 0.5) is 0 Å². The zero-order chi connectivity index (χ0) is 15.9. The van der Waals surface area contributed by atoms with Gasteiger partial charge in [-0.05, 0) is 46.7 Å². The number of hydrogen-bond donors (Lipinski definition) is 1. The van der Waals surface area contributed by atoms with Gasteiger partial charge in [-0.1, -0.05) is 6.42 Å². The summed E-state index contributed by atoms with van der Waals surface area (Å²) in [5.74, 6) is 0.271. The molecule has 6 heteroatoms. The van der Waals surface area contributed by atoms with Gasteiger partial charge in [0.2, 0.25) is 0 Å². The highest BCUT2D eigenvalue weighted by Crippen LogP contribution is 2.16. The molecule has 1 fully saturated rings. The lowest BCUT2D eigenvalue weighted by Gasteiger charge is -2.35. The third-order valence-electron chi connectivity index (χ3n) is 4.25. The van der Waals surface area contributed by atoms with Crippen molar-refractivity contribution < 1.29 is 8.42 Å². The lowest BCUT2D eigenvalue weighted by atomic mass is 10.2. The van der Waals surface area contributed by atoms with E-state index in [1.54, 1.807) is 20.8 Å². The number of piperazine rings is 1. The zero-order valence-corrected chi connectivity index (χ0v) is 14.8. The highest BCUT2D eigenvalue weighted by atomic mass is 32.2. The second-order valence-electron chi connectivity index (χ2n) is 6.96. The van der Waals surface area contributed by atoms with E-state index in [1.807, 2.05) is 0 Å². The van der Waals surface area contributed by atoms with Gasteiger partial charge in [0.25, 0.3) is 0 Å². The lowest BCUT2D eigenvalue weighted by molar-refractivity contribution is 0.136. The molecule has 0 spiro atoms. The summed E-state index contributed by atoms with van der Waals surface area (Å²) in [6.45, 7) is 12.0. The zero-order valence-electron chi connectivity index (χ0n) is 14.0. The van der Waals surface area contributed by atoms with Crippen LogP contribution in [0.5, 0.6) is 0 Å². The molecule has 0 aromatic heterocycles. The van der Waals surface area contributed by atoms with Gasteiger partial charge in [-0.25, -0.2) is 8.42 Å². The van der Waals surface area contributed by atoms with E-state index in [1.165, 1.54) is 12.8 Å². The van der Waals surface area contributed by atoms with Crippen molar-refractivity contribution >= 4 is 9.84 Å². The molecule has 2 N–H and O–H groups in total. The first kappa shape index (κ1) is 18.9. The molecule has 1 aliphatic heterocycles. The van der Waals surface area contributed by atoms with Crippen molar-refractivity contribution in [3.63, 3.8) is 0 Å². The van der Waals surface area contributed by atoms with Gasteiger partial charge >= 0.3 is 0 Å². The van der Waals surface area contributed by atoms with Gasteiger partial charge < -0.3 is 10.6 Å². The van der Waals surface area contributed by atoms with Crippen molar-refractivity contribution in [1.82, 2.24) is 9.80 Å². The summed E-state index contributed by atoms with van der Waals surface area (Å²) in [6.07, 6.45) is 3.54. The van der Waals surface area contributed by atoms with Crippen molar-refractivity contribution in [2.75, 3.05) is 51.6 Å². The van der Waals surface area contributed by atoms with Crippen LogP contribution < -0.4 is 5.73 Å². The van der Waals surface area contributed by atoms with Gasteiger partial charge in [0.1, 0.15) is 0 Å². The molecule has 0 aliphatic carbocycles. The largest absolute Gasteiger partial charge is 0.330 e. The molecular formula is C15H33N3O2S. The number of nitrogens with zero attached hydrogens (tertiary/aromatic N) is 2. The lowest BCUT2D eigenvalue weighted by Crippen LogP contribution is -2.48. The first-order valence-electron chi connectivity index (χ1n) is 8.13. The maximum absolute atomic E-state index is 12.1. The summed E-state index contributed by atoms with van der Waals surface area (Å²) in [6, 6.07) is 0. The molecule has 0 radical (unpaired) electrons. The molecule has 0 unspecified atom stereocenters. The van der Waals surface area contributed by atoms with E-state index in [2.05, 4.69) is 9.80 Å². The van der Waals surface area contributed by atoms with Crippen LogP contribution in [0.1, 0.15) is 40.0 Å².